The van der Waals surface area contributed by atoms with Crippen molar-refractivity contribution in [3.05, 3.63) is 65.5 Å². The second-order valence-electron chi connectivity index (χ2n) is 8.13. The van der Waals surface area contributed by atoms with Gasteiger partial charge >= 0.3 is 6.09 Å². The Labute approximate surface area is 168 Å². The molecule has 1 amide bonds. The fourth-order valence-corrected chi connectivity index (χ4v) is 3.37. The normalized spacial score (nSPS) is 11.7. The highest BCUT2D eigenvalue weighted by atomic mass is 16.6. The largest absolute Gasteiger partial charge is 0.444 e. The van der Waals surface area contributed by atoms with Crippen molar-refractivity contribution in [2.45, 2.75) is 33.3 Å². The average Bonchev–Trinajstić information content (AvgIpc) is 3.25. The Morgan fingerprint density at radius 1 is 0.966 bits per heavy atom. The molecule has 0 saturated heterocycles. The lowest BCUT2D eigenvalue weighted by Crippen LogP contribution is -2.27. The molecule has 0 bridgehead atoms. The van der Waals surface area contributed by atoms with Crippen molar-refractivity contribution < 1.29 is 14.3 Å². The Hall–Kier alpha value is -3.54. The molecule has 0 atom stereocenters. The topological polar surface area (TPSA) is 87.0 Å². The average molecular weight is 389 g/mol. The standard InChI is InChI=1S/C23H23N3O3/c1-13-7-5-9-16-15(13)12-19(24-16)21(27)18-11-14-8-6-10-17(20(14)25-18)26-22(28)29-23(2,3)4/h5-12,24-25H,1-4H3,(H,26,28). The predicted octanol–water partition coefficient (Wildman–Crippen LogP) is 5.54. The van der Waals surface area contributed by atoms with Gasteiger partial charge in [-0.15, -0.1) is 0 Å². The molecule has 0 fully saturated rings. The first-order chi connectivity index (χ1) is 13.7. The molecule has 0 aliphatic carbocycles. The first-order valence-corrected chi connectivity index (χ1v) is 9.46. The van der Waals surface area contributed by atoms with Crippen molar-refractivity contribution in [2.24, 2.45) is 0 Å². The van der Waals surface area contributed by atoms with Gasteiger partial charge in [0, 0.05) is 16.3 Å². The number of ether oxygens (including phenoxy) is 1. The van der Waals surface area contributed by atoms with Gasteiger partial charge < -0.3 is 14.7 Å². The van der Waals surface area contributed by atoms with E-state index >= 15 is 0 Å². The van der Waals surface area contributed by atoms with Gasteiger partial charge in [0.2, 0.25) is 5.78 Å². The van der Waals surface area contributed by atoms with Gasteiger partial charge in [-0.05, 0) is 57.5 Å². The molecule has 6 heteroatoms. The fourth-order valence-electron chi connectivity index (χ4n) is 3.37. The molecule has 3 N–H and O–H groups in total. The molecule has 0 saturated carbocycles. The zero-order valence-electron chi connectivity index (χ0n) is 16.8. The maximum Gasteiger partial charge on any atom is 0.412 e. The van der Waals surface area contributed by atoms with Crippen LogP contribution in [0.1, 0.15) is 42.5 Å². The number of rotatable bonds is 3. The summed E-state index contributed by atoms with van der Waals surface area (Å²) in [7, 11) is 0. The quantitative estimate of drug-likeness (QED) is 0.402. The van der Waals surface area contributed by atoms with Crippen LogP contribution in [0.3, 0.4) is 0 Å². The number of fused-ring (bicyclic) bond motifs is 2. The number of ketones is 1. The minimum Gasteiger partial charge on any atom is -0.444 e. The number of benzene rings is 2. The Kier molecular flexibility index (Phi) is 4.42. The SMILES string of the molecule is Cc1cccc2[nH]c(C(=O)c3cc4cccc(NC(=O)OC(C)(C)C)c4[nH]3)cc12. The number of H-pyrrole nitrogens is 2. The van der Waals surface area contributed by atoms with Crippen molar-refractivity contribution >= 4 is 39.4 Å². The van der Waals surface area contributed by atoms with Crippen LogP contribution in [0.25, 0.3) is 21.8 Å². The minimum absolute atomic E-state index is 0.139. The van der Waals surface area contributed by atoms with E-state index in [1.165, 1.54) is 0 Å². The van der Waals surface area contributed by atoms with Gasteiger partial charge in [0.05, 0.1) is 22.6 Å². The van der Waals surface area contributed by atoms with E-state index in [-0.39, 0.29) is 5.78 Å². The summed E-state index contributed by atoms with van der Waals surface area (Å²) in [4.78, 5) is 31.5. The molecule has 6 nitrogen and oxygen atoms in total. The number of nitrogens with one attached hydrogen (secondary N) is 3. The summed E-state index contributed by atoms with van der Waals surface area (Å²) in [5.74, 6) is -0.139. The van der Waals surface area contributed by atoms with Crippen molar-refractivity contribution in [1.82, 2.24) is 9.97 Å². The molecular formula is C23H23N3O3. The van der Waals surface area contributed by atoms with E-state index in [0.717, 1.165) is 21.9 Å². The van der Waals surface area contributed by atoms with Crippen LogP contribution in [0.2, 0.25) is 0 Å². The van der Waals surface area contributed by atoms with Gasteiger partial charge in [0.25, 0.3) is 0 Å². The van der Waals surface area contributed by atoms with Gasteiger partial charge in [-0.1, -0.05) is 24.3 Å². The molecule has 2 aromatic carbocycles. The van der Waals surface area contributed by atoms with E-state index in [1.807, 2.05) is 43.3 Å². The van der Waals surface area contributed by atoms with Crippen molar-refractivity contribution in [1.29, 1.82) is 0 Å². The highest BCUT2D eigenvalue weighted by Crippen LogP contribution is 2.27. The van der Waals surface area contributed by atoms with Crippen LogP contribution in [0, 0.1) is 6.92 Å². The minimum atomic E-state index is -0.595. The number of amides is 1. The Morgan fingerprint density at radius 3 is 2.41 bits per heavy atom. The van der Waals surface area contributed by atoms with Crippen LogP contribution in [0.15, 0.2) is 48.5 Å². The molecule has 29 heavy (non-hydrogen) atoms. The molecule has 0 aliphatic rings. The third kappa shape index (κ3) is 3.74. The van der Waals surface area contributed by atoms with Crippen molar-refractivity contribution in [3.63, 3.8) is 0 Å². The van der Waals surface area contributed by atoms with E-state index in [1.54, 1.807) is 32.9 Å². The number of aryl methyl sites for hydroxylation is 1. The maximum atomic E-state index is 13.0. The molecule has 0 unspecified atom stereocenters. The van der Waals surface area contributed by atoms with Gasteiger partial charge in [0.1, 0.15) is 5.60 Å². The number of carbonyl (C=O) groups excluding carboxylic acids is 2. The van der Waals surface area contributed by atoms with Crippen LogP contribution in [0.5, 0.6) is 0 Å². The number of carbonyl (C=O) groups is 2. The van der Waals surface area contributed by atoms with Gasteiger partial charge in [-0.25, -0.2) is 4.79 Å². The third-order valence-electron chi connectivity index (χ3n) is 4.66. The highest BCUT2D eigenvalue weighted by molar-refractivity contribution is 6.12. The summed E-state index contributed by atoms with van der Waals surface area (Å²) in [6.45, 7) is 7.43. The first-order valence-electron chi connectivity index (χ1n) is 9.46. The number of aromatic nitrogens is 2. The zero-order chi connectivity index (χ0) is 20.8. The Bertz CT molecular complexity index is 1240. The molecule has 4 aromatic rings. The summed E-state index contributed by atoms with van der Waals surface area (Å²) in [5, 5.41) is 4.61. The second-order valence-corrected chi connectivity index (χ2v) is 8.13. The van der Waals surface area contributed by atoms with Crippen molar-refractivity contribution in [2.75, 3.05) is 5.32 Å². The molecule has 4 rings (SSSR count). The van der Waals surface area contributed by atoms with Gasteiger partial charge in [-0.2, -0.15) is 0 Å². The maximum absolute atomic E-state index is 13.0. The molecule has 0 spiro atoms. The van der Waals surface area contributed by atoms with Crippen LogP contribution in [0.4, 0.5) is 10.5 Å². The molecule has 0 aliphatic heterocycles. The zero-order valence-corrected chi connectivity index (χ0v) is 16.8. The first kappa shape index (κ1) is 18.8. The highest BCUT2D eigenvalue weighted by Gasteiger charge is 2.19. The third-order valence-corrected chi connectivity index (χ3v) is 4.66. The monoisotopic (exact) mass is 389 g/mol. The summed E-state index contributed by atoms with van der Waals surface area (Å²) < 4.78 is 5.32. The van der Waals surface area contributed by atoms with Crippen LogP contribution < -0.4 is 5.32 Å². The molecule has 2 aromatic heterocycles. The number of hydrogen-bond acceptors (Lipinski definition) is 3. The van der Waals surface area contributed by atoms with Gasteiger partial charge in [-0.3, -0.25) is 10.1 Å². The summed E-state index contributed by atoms with van der Waals surface area (Å²) in [5.41, 5.74) is 3.64. The Morgan fingerprint density at radius 2 is 1.69 bits per heavy atom. The fraction of sp³-hybridized carbons (Fsp3) is 0.217. The second kappa shape index (κ2) is 6.81. The summed E-state index contributed by atoms with van der Waals surface area (Å²) in [6.07, 6.45) is -0.543. The van der Waals surface area contributed by atoms with Crippen LogP contribution in [-0.2, 0) is 4.74 Å². The number of para-hydroxylation sites is 1. The van der Waals surface area contributed by atoms with Crippen LogP contribution in [-0.4, -0.2) is 27.4 Å². The summed E-state index contributed by atoms with van der Waals surface area (Å²) >= 11 is 0. The Balaban J connectivity index is 1.67. The number of hydrogen-bond donors (Lipinski definition) is 3. The molecule has 2 heterocycles. The van der Waals surface area contributed by atoms with E-state index in [4.69, 9.17) is 4.74 Å². The van der Waals surface area contributed by atoms with E-state index in [2.05, 4.69) is 15.3 Å². The smallest absolute Gasteiger partial charge is 0.412 e. The van der Waals surface area contributed by atoms with E-state index in [0.29, 0.717) is 22.6 Å². The van der Waals surface area contributed by atoms with Crippen molar-refractivity contribution in [3.8, 4) is 0 Å². The van der Waals surface area contributed by atoms with Crippen LogP contribution >= 0.6 is 0 Å². The molecule has 0 radical (unpaired) electrons. The molecular weight excluding hydrogens is 366 g/mol. The number of anilines is 1. The van der Waals surface area contributed by atoms with E-state index < -0.39 is 11.7 Å². The van der Waals surface area contributed by atoms with Gasteiger partial charge in [0.15, 0.2) is 0 Å². The number of aromatic amines is 2. The lowest BCUT2D eigenvalue weighted by atomic mass is 10.1. The lowest BCUT2D eigenvalue weighted by Gasteiger charge is -2.19. The summed E-state index contributed by atoms with van der Waals surface area (Å²) in [6, 6.07) is 15.1. The predicted molar refractivity (Wildman–Crippen MR) is 115 cm³/mol. The lowest BCUT2D eigenvalue weighted by molar-refractivity contribution is 0.0636. The van der Waals surface area contributed by atoms with E-state index in [9.17, 15) is 9.59 Å². The molecule has 148 valence electrons.